The minimum Gasteiger partial charge on any atom is -0.327 e. The van der Waals surface area contributed by atoms with Crippen molar-refractivity contribution < 1.29 is 4.39 Å². The standard InChI is InChI=1S/C17H18FN/c1-11-6-7-14(18)8-13(11)10-17(19)16-9-12-4-2-3-5-15(12)16/h2-8,16-17H,9-10,19H2,1H3. The van der Waals surface area contributed by atoms with Crippen molar-refractivity contribution in [1.29, 1.82) is 0 Å². The van der Waals surface area contributed by atoms with E-state index in [-0.39, 0.29) is 11.9 Å². The maximum absolute atomic E-state index is 13.3. The minimum absolute atomic E-state index is 0.0652. The van der Waals surface area contributed by atoms with E-state index in [1.54, 1.807) is 6.07 Å². The van der Waals surface area contributed by atoms with Gasteiger partial charge in [-0.25, -0.2) is 4.39 Å². The molecule has 3 rings (SSSR count). The predicted molar refractivity (Wildman–Crippen MR) is 75.7 cm³/mol. The zero-order chi connectivity index (χ0) is 13.4. The van der Waals surface area contributed by atoms with Gasteiger partial charge in [-0.15, -0.1) is 0 Å². The van der Waals surface area contributed by atoms with E-state index in [0.717, 1.165) is 24.0 Å². The molecular weight excluding hydrogens is 237 g/mol. The van der Waals surface area contributed by atoms with E-state index in [2.05, 4.69) is 24.3 Å². The molecule has 2 N–H and O–H groups in total. The lowest BCUT2D eigenvalue weighted by molar-refractivity contribution is 0.479. The zero-order valence-corrected chi connectivity index (χ0v) is 11.1. The molecule has 0 saturated carbocycles. The fraction of sp³-hybridized carbons (Fsp3) is 0.294. The summed E-state index contributed by atoms with van der Waals surface area (Å²) in [5, 5.41) is 0. The van der Waals surface area contributed by atoms with Crippen LogP contribution in [0.2, 0.25) is 0 Å². The van der Waals surface area contributed by atoms with Crippen LogP contribution in [0, 0.1) is 12.7 Å². The number of fused-ring (bicyclic) bond motifs is 1. The highest BCUT2D eigenvalue weighted by atomic mass is 19.1. The lowest BCUT2D eigenvalue weighted by Crippen LogP contribution is -2.37. The van der Waals surface area contributed by atoms with Crippen LogP contribution < -0.4 is 5.73 Å². The first-order valence-electron chi connectivity index (χ1n) is 6.73. The number of nitrogens with two attached hydrogens (primary N) is 1. The summed E-state index contributed by atoms with van der Waals surface area (Å²) in [6.07, 6.45) is 1.79. The summed E-state index contributed by atoms with van der Waals surface area (Å²) in [6, 6.07) is 13.4. The molecule has 1 aliphatic carbocycles. The highest BCUT2D eigenvalue weighted by molar-refractivity contribution is 5.41. The van der Waals surface area contributed by atoms with E-state index in [0.29, 0.717) is 5.92 Å². The molecule has 2 atom stereocenters. The van der Waals surface area contributed by atoms with Gasteiger partial charge < -0.3 is 5.73 Å². The third kappa shape index (κ3) is 2.28. The van der Waals surface area contributed by atoms with Crippen LogP contribution >= 0.6 is 0 Å². The van der Waals surface area contributed by atoms with Crippen molar-refractivity contribution in [1.82, 2.24) is 0 Å². The van der Waals surface area contributed by atoms with E-state index in [9.17, 15) is 4.39 Å². The van der Waals surface area contributed by atoms with E-state index >= 15 is 0 Å². The van der Waals surface area contributed by atoms with Gasteiger partial charge in [-0.1, -0.05) is 30.3 Å². The van der Waals surface area contributed by atoms with Crippen LogP contribution in [-0.4, -0.2) is 6.04 Å². The second-order valence-corrected chi connectivity index (χ2v) is 5.45. The summed E-state index contributed by atoms with van der Waals surface area (Å²) in [5.41, 5.74) is 11.2. The van der Waals surface area contributed by atoms with Crippen molar-refractivity contribution in [3.63, 3.8) is 0 Å². The zero-order valence-electron chi connectivity index (χ0n) is 11.1. The van der Waals surface area contributed by atoms with Crippen molar-refractivity contribution in [2.75, 3.05) is 0 Å². The molecular formula is C17H18FN. The quantitative estimate of drug-likeness (QED) is 0.894. The van der Waals surface area contributed by atoms with E-state index in [4.69, 9.17) is 5.73 Å². The summed E-state index contributed by atoms with van der Waals surface area (Å²) < 4.78 is 13.3. The Balaban J connectivity index is 1.76. The molecule has 0 radical (unpaired) electrons. The number of halogens is 1. The Kier molecular flexibility index (Phi) is 3.11. The van der Waals surface area contributed by atoms with Gasteiger partial charge in [0, 0.05) is 12.0 Å². The van der Waals surface area contributed by atoms with Gasteiger partial charge in [-0.3, -0.25) is 0 Å². The number of aryl methyl sites for hydroxylation is 1. The van der Waals surface area contributed by atoms with Crippen molar-refractivity contribution >= 4 is 0 Å². The lowest BCUT2D eigenvalue weighted by atomic mass is 9.72. The monoisotopic (exact) mass is 255 g/mol. The molecule has 98 valence electrons. The molecule has 19 heavy (non-hydrogen) atoms. The summed E-state index contributed by atoms with van der Waals surface area (Å²) in [5.74, 6) is 0.237. The molecule has 2 heteroatoms. The highest BCUT2D eigenvalue weighted by Crippen LogP contribution is 2.37. The molecule has 2 aromatic rings. The molecule has 0 spiro atoms. The van der Waals surface area contributed by atoms with Gasteiger partial charge in [-0.2, -0.15) is 0 Å². The summed E-state index contributed by atoms with van der Waals surface area (Å²) in [6.45, 7) is 2.01. The first kappa shape index (κ1) is 12.4. The van der Waals surface area contributed by atoms with Crippen LogP contribution in [0.5, 0.6) is 0 Å². The largest absolute Gasteiger partial charge is 0.327 e. The van der Waals surface area contributed by atoms with Gasteiger partial charge in [0.1, 0.15) is 5.82 Å². The fourth-order valence-corrected chi connectivity index (χ4v) is 2.94. The molecule has 0 heterocycles. The molecule has 0 aromatic heterocycles. The number of hydrogen-bond acceptors (Lipinski definition) is 1. The average Bonchev–Trinajstić information content (AvgIpc) is 2.35. The maximum atomic E-state index is 13.3. The second-order valence-electron chi connectivity index (χ2n) is 5.45. The second kappa shape index (κ2) is 4.78. The third-order valence-corrected chi connectivity index (χ3v) is 4.18. The molecule has 2 aromatic carbocycles. The Bertz CT molecular complexity index is 606. The van der Waals surface area contributed by atoms with Crippen molar-refractivity contribution in [2.24, 2.45) is 5.73 Å². The van der Waals surface area contributed by atoms with Crippen LogP contribution in [0.15, 0.2) is 42.5 Å². The first-order chi connectivity index (χ1) is 9.15. The van der Waals surface area contributed by atoms with Crippen molar-refractivity contribution in [3.05, 3.63) is 70.5 Å². The molecule has 2 unspecified atom stereocenters. The molecule has 0 bridgehead atoms. The Morgan fingerprint density at radius 3 is 2.84 bits per heavy atom. The highest BCUT2D eigenvalue weighted by Gasteiger charge is 2.30. The Morgan fingerprint density at radius 2 is 2.05 bits per heavy atom. The van der Waals surface area contributed by atoms with Crippen molar-refractivity contribution in [2.45, 2.75) is 31.7 Å². The fourth-order valence-electron chi connectivity index (χ4n) is 2.94. The van der Waals surface area contributed by atoms with Crippen LogP contribution in [0.3, 0.4) is 0 Å². The Morgan fingerprint density at radius 1 is 1.26 bits per heavy atom. The third-order valence-electron chi connectivity index (χ3n) is 4.18. The van der Waals surface area contributed by atoms with E-state index in [1.807, 2.05) is 13.0 Å². The normalized spacial score (nSPS) is 18.6. The smallest absolute Gasteiger partial charge is 0.123 e. The van der Waals surface area contributed by atoms with Gasteiger partial charge in [0.25, 0.3) is 0 Å². The number of benzene rings is 2. The van der Waals surface area contributed by atoms with Gasteiger partial charge in [-0.05, 0) is 54.2 Å². The van der Waals surface area contributed by atoms with Crippen LogP contribution in [0.25, 0.3) is 0 Å². The van der Waals surface area contributed by atoms with Crippen LogP contribution in [0.4, 0.5) is 4.39 Å². The SMILES string of the molecule is Cc1ccc(F)cc1CC(N)C1Cc2ccccc21. The summed E-state index contributed by atoms with van der Waals surface area (Å²) in [7, 11) is 0. The van der Waals surface area contributed by atoms with Gasteiger partial charge in [0.15, 0.2) is 0 Å². The average molecular weight is 255 g/mol. The van der Waals surface area contributed by atoms with Gasteiger partial charge in [0.05, 0.1) is 0 Å². The molecule has 0 saturated heterocycles. The van der Waals surface area contributed by atoms with E-state index in [1.165, 1.54) is 17.2 Å². The lowest BCUT2D eigenvalue weighted by Gasteiger charge is -2.35. The summed E-state index contributed by atoms with van der Waals surface area (Å²) >= 11 is 0. The molecule has 0 aliphatic heterocycles. The number of hydrogen-bond donors (Lipinski definition) is 1. The molecule has 0 fully saturated rings. The van der Waals surface area contributed by atoms with Crippen LogP contribution in [-0.2, 0) is 12.8 Å². The number of rotatable bonds is 3. The van der Waals surface area contributed by atoms with E-state index < -0.39 is 0 Å². The molecule has 1 nitrogen and oxygen atoms in total. The van der Waals surface area contributed by atoms with Crippen LogP contribution in [0.1, 0.15) is 28.2 Å². The summed E-state index contributed by atoms with van der Waals surface area (Å²) in [4.78, 5) is 0. The minimum atomic E-state index is -0.179. The van der Waals surface area contributed by atoms with Gasteiger partial charge in [0.2, 0.25) is 0 Å². The molecule has 0 amide bonds. The Hall–Kier alpha value is -1.67. The van der Waals surface area contributed by atoms with Crippen molar-refractivity contribution in [3.8, 4) is 0 Å². The maximum Gasteiger partial charge on any atom is 0.123 e. The van der Waals surface area contributed by atoms with Gasteiger partial charge >= 0.3 is 0 Å². The predicted octanol–water partition coefficient (Wildman–Crippen LogP) is 3.34. The molecule has 1 aliphatic rings. The topological polar surface area (TPSA) is 26.0 Å². The first-order valence-corrected chi connectivity index (χ1v) is 6.73. The Labute approximate surface area is 113 Å².